The third-order valence-electron chi connectivity index (χ3n) is 1.60. The van der Waals surface area contributed by atoms with E-state index in [1.807, 2.05) is 0 Å². The van der Waals surface area contributed by atoms with Gasteiger partial charge in [0.15, 0.2) is 11.5 Å². The Bertz CT molecular complexity index is 341. The molecule has 0 aliphatic rings. The Kier molecular flexibility index (Phi) is 4.28. The van der Waals surface area contributed by atoms with E-state index in [1.165, 1.54) is 7.11 Å². The highest BCUT2D eigenvalue weighted by molar-refractivity contribution is 9.10. The zero-order valence-corrected chi connectivity index (χ0v) is 9.97. The van der Waals surface area contributed by atoms with Crippen molar-refractivity contribution >= 4 is 34.8 Å². The number of carbonyl (C=O) groups excluding carboxylic acids is 1. The van der Waals surface area contributed by atoms with Gasteiger partial charge in [-0.05, 0) is 28.1 Å². The average molecular weight is 277 g/mol. The SMILES string of the molecule is COc1cc(C=O)cc(Br)c1OCS. The minimum absolute atomic E-state index is 0.245. The van der Waals surface area contributed by atoms with Crippen LogP contribution in [0.4, 0.5) is 0 Å². The molecule has 0 unspecified atom stereocenters. The van der Waals surface area contributed by atoms with E-state index in [0.717, 1.165) is 6.29 Å². The molecule has 0 fully saturated rings. The highest BCUT2D eigenvalue weighted by Crippen LogP contribution is 2.36. The molecule has 3 nitrogen and oxygen atoms in total. The summed E-state index contributed by atoms with van der Waals surface area (Å²) in [6.45, 7) is 0. The van der Waals surface area contributed by atoms with Gasteiger partial charge in [-0.15, -0.1) is 12.6 Å². The van der Waals surface area contributed by atoms with Gasteiger partial charge in [-0.3, -0.25) is 4.79 Å². The summed E-state index contributed by atoms with van der Waals surface area (Å²) in [5.41, 5.74) is 0.528. The van der Waals surface area contributed by atoms with E-state index in [0.29, 0.717) is 21.5 Å². The molecule has 0 bridgehead atoms. The largest absolute Gasteiger partial charge is 0.493 e. The van der Waals surface area contributed by atoms with Crippen LogP contribution in [0.3, 0.4) is 0 Å². The third-order valence-corrected chi connectivity index (χ3v) is 2.31. The first-order valence-electron chi connectivity index (χ1n) is 3.79. The highest BCUT2D eigenvalue weighted by Gasteiger charge is 2.10. The van der Waals surface area contributed by atoms with Gasteiger partial charge in [-0.25, -0.2) is 0 Å². The number of ether oxygens (including phenoxy) is 2. The Morgan fingerprint density at radius 3 is 2.79 bits per heavy atom. The zero-order valence-electron chi connectivity index (χ0n) is 7.49. The number of halogens is 1. The van der Waals surface area contributed by atoms with Gasteiger partial charge in [0.25, 0.3) is 0 Å². The molecule has 0 aliphatic heterocycles. The number of aldehydes is 1. The van der Waals surface area contributed by atoms with Crippen molar-refractivity contribution in [2.75, 3.05) is 13.0 Å². The number of benzene rings is 1. The second-order valence-electron chi connectivity index (χ2n) is 2.43. The minimum atomic E-state index is 0.245. The first-order chi connectivity index (χ1) is 6.72. The lowest BCUT2D eigenvalue weighted by molar-refractivity contribution is 0.112. The maximum Gasteiger partial charge on any atom is 0.176 e. The molecule has 0 N–H and O–H groups in total. The minimum Gasteiger partial charge on any atom is -0.493 e. The number of hydrogen-bond acceptors (Lipinski definition) is 4. The van der Waals surface area contributed by atoms with Crippen LogP contribution < -0.4 is 9.47 Å². The molecule has 0 aliphatic carbocycles. The second kappa shape index (κ2) is 5.26. The van der Waals surface area contributed by atoms with E-state index >= 15 is 0 Å². The molecular weight excluding hydrogens is 268 g/mol. The predicted molar refractivity (Wildman–Crippen MR) is 60.6 cm³/mol. The topological polar surface area (TPSA) is 35.5 Å². The lowest BCUT2D eigenvalue weighted by atomic mass is 10.2. The van der Waals surface area contributed by atoms with E-state index in [2.05, 4.69) is 28.6 Å². The van der Waals surface area contributed by atoms with Crippen LogP contribution in [0.15, 0.2) is 16.6 Å². The molecule has 0 heterocycles. The summed E-state index contributed by atoms with van der Waals surface area (Å²) in [6, 6.07) is 3.27. The van der Waals surface area contributed by atoms with Crippen molar-refractivity contribution in [1.29, 1.82) is 0 Å². The monoisotopic (exact) mass is 276 g/mol. The standard InChI is InChI=1S/C9H9BrO3S/c1-12-8-3-6(4-11)2-7(10)9(8)13-5-14/h2-4,14H,5H2,1H3. The first-order valence-corrected chi connectivity index (χ1v) is 5.21. The Morgan fingerprint density at radius 2 is 2.29 bits per heavy atom. The summed E-state index contributed by atoms with van der Waals surface area (Å²) in [5, 5.41) is 0. The Balaban J connectivity index is 3.19. The number of hydrogen-bond donors (Lipinski definition) is 1. The van der Waals surface area contributed by atoms with Gasteiger partial charge in [0.05, 0.1) is 11.6 Å². The van der Waals surface area contributed by atoms with Crippen molar-refractivity contribution in [2.45, 2.75) is 0 Å². The number of rotatable bonds is 4. The first kappa shape index (κ1) is 11.4. The predicted octanol–water partition coefficient (Wildman–Crippen LogP) is 2.54. The summed E-state index contributed by atoms with van der Waals surface area (Å²) in [4.78, 5) is 10.6. The maximum atomic E-state index is 10.6. The molecule has 14 heavy (non-hydrogen) atoms. The smallest absolute Gasteiger partial charge is 0.176 e. The molecule has 1 aromatic carbocycles. The van der Waals surface area contributed by atoms with Gasteiger partial charge >= 0.3 is 0 Å². The highest BCUT2D eigenvalue weighted by atomic mass is 79.9. The number of methoxy groups -OCH3 is 1. The summed E-state index contributed by atoms with van der Waals surface area (Å²) in [6.07, 6.45) is 0.748. The Hall–Kier alpha value is -0.680. The quantitative estimate of drug-likeness (QED) is 0.522. The molecule has 1 aromatic rings. The van der Waals surface area contributed by atoms with Gasteiger partial charge < -0.3 is 9.47 Å². The van der Waals surface area contributed by atoms with Gasteiger partial charge in [0.1, 0.15) is 12.2 Å². The molecule has 0 spiro atoms. The van der Waals surface area contributed by atoms with Crippen LogP contribution in [0.1, 0.15) is 10.4 Å². The fourth-order valence-electron chi connectivity index (χ4n) is 1.01. The number of carbonyl (C=O) groups is 1. The van der Waals surface area contributed by atoms with E-state index in [9.17, 15) is 4.79 Å². The van der Waals surface area contributed by atoms with Gasteiger partial charge in [0.2, 0.25) is 0 Å². The molecule has 0 radical (unpaired) electrons. The van der Waals surface area contributed by atoms with Crippen LogP contribution >= 0.6 is 28.6 Å². The molecular formula is C9H9BrO3S. The fraction of sp³-hybridized carbons (Fsp3) is 0.222. The lowest BCUT2D eigenvalue weighted by Crippen LogP contribution is -1.96. The maximum absolute atomic E-state index is 10.6. The van der Waals surface area contributed by atoms with Crippen LogP contribution in [0, 0.1) is 0 Å². The van der Waals surface area contributed by atoms with Crippen molar-refractivity contribution < 1.29 is 14.3 Å². The molecule has 0 saturated carbocycles. The van der Waals surface area contributed by atoms with Gasteiger partial charge in [-0.1, -0.05) is 0 Å². The van der Waals surface area contributed by atoms with E-state index in [4.69, 9.17) is 9.47 Å². The van der Waals surface area contributed by atoms with Crippen LogP contribution in [0.5, 0.6) is 11.5 Å². The third kappa shape index (κ3) is 2.42. The van der Waals surface area contributed by atoms with Crippen molar-refractivity contribution in [3.8, 4) is 11.5 Å². The molecule has 76 valence electrons. The van der Waals surface area contributed by atoms with Crippen LogP contribution in [0.25, 0.3) is 0 Å². The molecule has 0 amide bonds. The molecule has 0 saturated heterocycles. The molecule has 1 rings (SSSR count). The summed E-state index contributed by atoms with van der Waals surface area (Å²) < 4.78 is 11.0. The number of thiol groups is 1. The summed E-state index contributed by atoms with van der Waals surface area (Å²) in [5.74, 6) is 1.30. The fourth-order valence-corrected chi connectivity index (χ4v) is 1.72. The van der Waals surface area contributed by atoms with Crippen molar-refractivity contribution in [2.24, 2.45) is 0 Å². The van der Waals surface area contributed by atoms with Crippen molar-refractivity contribution in [3.63, 3.8) is 0 Å². The average Bonchev–Trinajstić information content (AvgIpc) is 2.20. The Morgan fingerprint density at radius 1 is 1.57 bits per heavy atom. The van der Waals surface area contributed by atoms with Gasteiger partial charge in [0, 0.05) is 5.56 Å². The van der Waals surface area contributed by atoms with Crippen LogP contribution in [0.2, 0.25) is 0 Å². The zero-order chi connectivity index (χ0) is 10.6. The second-order valence-corrected chi connectivity index (χ2v) is 3.54. The van der Waals surface area contributed by atoms with Crippen molar-refractivity contribution in [1.82, 2.24) is 0 Å². The van der Waals surface area contributed by atoms with Crippen molar-refractivity contribution in [3.05, 3.63) is 22.2 Å². The molecule has 0 atom stereocenters. The van der Waals surface area contributed by atoms with E-state index in [-0.39, 0.29) is 5.94 Å². The van der Waals surface area contributed by atoms with Gasteiger partial charge in [-0.2, -0.15) is 0 Å². The van der Waals surface area contributed by atoms with E-state index in [1.54, 1.807) is 12.1 Å². The molecule has 5 heteroatoms. The summed E-state index contributed by atoms with van der Waals surface area (Å²) in [7, 11) is 1.52. The summed E-state index contributed by atoms with van der Waals surface area (Å²) >= 11 is 7.23. The molecule has 0 aromatic heterocycles. The normalized spacial score (nSPS) is 9.64. The lowest BCUT2D eigenvalue weighted by Gasteiger charge is -2.11. The Labute approximate surface area is 95.9 Å². The van der Waals surface area contributed by atoms with Crippen LogP contribution in [-0.4, -0.2) is 19.3 Å². The van der Waals surface area contributed by atoms with E-state index < -0.39 is 0 Å². The van der Waals surface area contributed by atoms with Crippen LogP contribution in [-0.2, 0) is 0 Å².